The minimum Gasteiger partial charge on any atom is -0.312 e. The maximum absolute atomic E-state index is 3.66. The number of nitrogens with one attached hydrogen (secondary N) is 2. The number of rotatable bonds is 6. The molecular weight excluding hydrogens is 232 g/mol. The average Bonchev–Trinajstić information content (AvgIpc) is 2.72. The van der Waals surface area contributed by atoms with Crippen molar-refractivity contribution in [1.29, 1.82) is 0 Å². The standard InChI is InChI=1S/C17H28N2/c1-4-5-14-6-8-15(9-7-14)10-11-18-16-12-17(2,3)19-13-16/h6-9,16,18-19H,4-5,10-13H2,1-3H3. The lowest BCUT2D eigenvalue weighted by atomic mass is 10.0. The quantitative estimate of drug-likeness (QED) is 0.822. The molecule has 0 saturated carbocycles. The largest absolute Gasteiger partial charge is 0.312 e. The van der Waals surface area contributed by atoms with Crippen molar-refractivity contribution >= 4 is 0 Å². The van der Waals surface area contributed by atoms with Crippen LogP contribution in [0.25, 0.3) is 0 Å². The van der Waals surface area contributed by atoms with E-state index in [1.54, 1.807) is 0 Å². The van der Waals surface area contributed by atoms with Gasteiger partial charge in [0.25, 0.3) is 0 Å². The second-order valence-corrected chi connectivity index (χ2v) is 6.44. The summed E-state index contributed by atoms with van der Waals surface area (Å²) >= 11 is 0. The SMILES string of the molecule is CCCc1ccc(CCNC2CNC(C)(C)C2)cc1. The zero-order chi connectivity index (χ0) is 13.7. The van der Waals surface area contributed by atoms with Crippen LogP contribution in [0, 0.1) is 0 Å². The van der Waals surface area contributed by atoms with Crippen LogP contribution in [0.3, 0.4) is 0 Å². The molecule has 0 spiro atoms. The molecule has 0 radical (unpaired) electrons. The summed E-state index contributed by atoms with van der Waals surface area (Å²) in [7, 11) is 0. The van der Waals surface area contributed by atoms with Gasteiger partial charge in [0, 0.05) is 18.1 Å². The third-order valence-electron chi connectivity index (χ3n) is 3.99. The van der Waals surface area contributed by atoms with Crippen LogP contribution in [0.4, 0.5) is 0 Å². The Kier molecular flexibility index (Phi) is 5.00. The van der Waals surface area contributed by atoms with Crippen molar-refractivity contribution in [2.24, 2.45) is 0 Å². The fourth-order valence-corrected chi connectivity index (χ4v) is 2.89. The molecule has 1 unspecified atom stereocenters. The van der Waals surface area contributed by atoms with Gasteiger partial charge in [-0.15, -0.1) is 0 Å². The molecule has 0 amide bonds. The summed E-state index contributed by atoms with van der Waals surface area (Å²) in [6.07, 6.45) is 4.78. The molecular formula is C17H28N2. The molecule has 2 rings (SSSR count). The highest BCUT2D eigenvalue weighted by Gasteiger charge is 2.29. The molecule has 19 heavy (non-hydrogen) atoms. The lowest BCUT2D eigenvalue weighted by Gasteiger charge is -2.17. The van der Waals surface area contributed by atoms with E-state index < -0.39 is 0 Å². The van der Waals surface area contributed by atoms with Gasteiger partial charge in [0.2, 0.25) is 0 Å². The highest BCUT2D eigenvalue weighted by Crippen LogP contribution is 2.17. The van der Waals surface area contributed by atoms with Gasteiger partial charge in [-0.05, 0) is 50.8 Å². The van der Waals surface area contributed by atoms with Gasteiger partial charge in [-0.3, -0.25) is 0 Å². The first kappa shape index (κ1) is 14.5. The predicted molar refractivity (Wildman–Crippen MR) is 82.6 cm³/mol. The summed E-state index contributed by atoms with van der Waals surface area (Å²) in [5, 5.41) is 7.22. The molecule has 2 nitrogen and oxygen atoms in total. The predicted octanol–water partition coefficient (Wildman–Crippen LogP) is 2.91. The van der Waals surface area contributed by atoms with Crippen LogP contribution < -0.4 is 10.6 Å². The van der Waals surface area contributed by atoms with Gasteiger partial charge in [0.15, 0.2) is 0 Å². The molecule has 1 saturated heterocycles. The third-order valence-corrected chi connectivity index (χ3v) is 3.99. The minimum absolute atomic E-state index is 0.305. The van der Waals surface area contributed by atoms with E-state index in [4.69, 9.17) is 0 Å². The zero-order valence-corrected chi connectivity index (χ0v) is 12.6. The van der Waals surface area contributed by atoms with Crippen molar-refractivity contribution in [2.75, 3.05) is 13.1 Å². The molecule has 1 aliphatic heterocycles. The number of hydrogen-bond acceptors (Lipinski definition) is 2. The molecule has 1 fully saturated rings. The number of hydrogen-bond donors (Lipinski definition) is 2. The van der Waals surface area contributed by atoms with Crippen molar-refractivity contribution in [3.8, 4) is 0 Å². The van der Waals surface area contributed by atoms with E-state index in [-0.39, 0.29) is 0 Å². The third kappa shape index (κ3) is 4.63. The van der Waals surface area contributed by atoms with Crippen LogP contribution in [-0.4, -0.2) is 24.7 Å². The van der Waals surface area contributed by atoms with E-state index in [0.717, 1.165) is 19.5 Å². The smallest absolute Gasteiger partial charge is 0.0210 e. The van der Waals surface area contributed by atoms with E-state index >= 15 is 0 Å². The first-order valence-corrected chi connectivity index (χ1v) is 7.65. The summed E-state index contributed by atoms with van der Waals surface area (Å²) in [6, 6.07) is 9.75. The molecule has 0 bridgehead atoms. The number of benzene rings is 1. The normalized spacial score (nSPS) is 21.7. The Morgan fingerprint density at radius 1 is 1.16 bits per heavy atom. The molecule has 2 heteroatoms. The maximum Gasteiger partial charge on any atom is 0.0210 e. The van der Waals surface area contributed by atoms with Gasteiger partial charge < -0.3 is 10.6 Å². The van der Waals surface area contributed by atoms with E-state index in [1.165, 1.54) is 30.4 Å². The average molecular weight is 260 g/mol. The Morgan fingerprint density at radius 3 is 2.32 bits per heavy atom. The van der Waals surface area contributed by atoms with Crippen molar-refractivity contribution in [1.82, 2.24) is 10.6 Å². The van der Waals surface area contributed by atoms with Gasteiger partial charge in [-0.1, -0.05) is 37.6 Å². The Morgan fingerprint density at radius 2 is 1.79 bits per heavy atom. The minimum atomic E-state index is 0.305. The Bertz CT molecular complexity index is 381. The Balaban J connectivity index is 1.71. The first-order valence-electron chi connectivity index (χ1n) is 7.65. The van der Waals surface area contributed by atoms with Gasteiger partial charge in [-0.2, -0.15) is 0 Å². The molecule has 1 aromatic rings. The fraction of sp³-hybridized carbons (Fsp3) is 0.647. The second-order valence-electron chi connectivity index (χ2n) is 6.44. The molecule has 1 heterocycles. The zero-order valence-electron chi connectivity index (χ0n) is 12.6. The summed E-state index contributed by atoms with van der Waals surface area (Å²) < 4.78 is 0. The molecule has 1 aromatic carbocycles. The van der Waals surface area contributed by atoms with Crippen LogP contribution in [-0.2, 0) is 12.8 Å². The van der Waals surface area contributed by atoms with Crippen molar-refractivity contribution < 1.29 is 0 Å². The van der Waals surface area contributed by atoms with E-state index in [1.807, 2.05) is 0 Å². The molecule has 1 atom stereocenters. The van der Waals surface area contributed by atoms with E-state index in [9.17, 15) is 0 Å². The molecule has 2 N–H and O–H groups in total. The fourth-order valence-electron chi connectivity index (χ4n) is 2.89. The van der Waals surface area contributed by atoms with E-state index in [0.29, 0.717) is 11.6 Å². The van der Waals surface area contributed by atoms with Gasteiger partial charge in [0.1, 0.15) is 0 Å². The Labute approximate surface area is 118 Å². The summed E-state index contributed by atoms with van der Waals surface area (Å²) in [5.74, 6) is 0. The van der Waals surface area contributed by atoms with Crippen molar-refractivity contribution in [3.63, 3.8) is 0 Å². The van der Waals surface area contributed by atoms with Gasteiger partial charge in [0.05, 0.1) is 0 Å². The monoisotopic (exact) mass is 260 g/mol. The lowest BCUT2D eigenvalue weighted by Crippen LogP contribution is -2.32. The highest BCUT2D eigenvalue weighted by molar-refractivity contribution is 5.22. The van der Waals surface area contributed by atoms with Crippen LogP contribution in [0.5, 0.6) is 0 Å². The summed E-state index contributed by atoms with van der Waals surface area (Å²) in [4.78, 5) is 0. The lowest BCUT2D eigenvalue weighted by molar-refractivity contribution is 0.443. The van der Waals surface area contributed by atoms with Crippen LogP contribution >= 0.6 is 0 Å². The van der Waals surface area contributed by atoms with Crippen LogP contribution in [0.1, 0.15) is 44.7 Å². The van der Waals surface area contributed by atoms with Crippen molar-refractivity contribution in [2.45, 2.75) is 58.0 Å². The number of aryl methyl sites for hydroxylation is 1. The first-order chi connectivity index (χ1) is 9.09. The topological polar surface area (TPSA) is 24.1 Å². The molecule has 0 aliphatic carbocycles. The second kappa shape index (κ2) is 6.53. The van der Waals surface area contributed by atoms with Gasteiger partial charge >= 0.3 is 0 Å². The molecule has 1 aliphatic rings. The molecule has 106 valence electrons. The maximum atomic E-state index is 3.66. The van der Waals surface area contributed by atoms with Crippen molar-refractivity contribution in [3.05, 3.63) is 35.4 Å². The van der Waals surface area contributed by atoms with Crippen LogP contribution in [0.2, 0.25) is 0 Å². The molecule has 0 aromatic heterocycles. The van der Waals surface area contributed by atoms with Crippen LogP contribution in [0.15, 0.2) is 24.3 Å². The summed E-state index contributed by atoms with van der Waals surface area (Å²) in [5.41, 5.74) is 3.21. The highest BCUT2D eigenvalue weighted by atomic mass is 15.1. The van der Waals surface area contributed by atoms with E-state index in [2.05, 4.69) is 55.7 Å². The Hall–Kier alpha value is -0.860. The summed E-state index contributed by atoms with van der Waals surface area (Å²) in [6.45, 7) is 8.97. The van der Waals surface area contributed by atoms with Gasteiger partial charge in [-0.25, -0.2) is 0 Å².